The van der Waals surface area contributed by atoms with Crippen LogP contribution in [-0.2, 0) is 6.54 Å². The second-order valence-corrected chi connectivity index (χ2v) is 7.14. The van der Waals surface area contributed by atoms with Crippen LogP contribution in [0.1, 0.15) is 18.4 Å². The van der Waals surface area contributed by atoms with E-state index >= 15 is 0 Å². The Bertz CT molecular complexity index is 868. The maximum Gasteiger partial charge on any atom is 0.242 e. The topological polar surface area (TPSA) is 43.2 Å². The van der Waals surface area contributed by atoms with Gasteiger partial charge in [-0.3, -0.25) is 4.90 Å². The first kappa shape index (κ1) is 14.9. The third kappa shape index (κ3) is 2.78. The monoisotopic (exact) mass is 334 g/mol. The van der Waals surface area contributed by atoms with E-state index in [1.54, 1.807) is 0 Å². The zero-order valence-electron chi connectivity index (χ0n) is 14.2. The molecular weight excluding hydrogens is 312 g/mol. The van der Waals surface area contributed by atoms with Crippen LogP contribution in [0.5, 0.6) is 5.88 Å². The quantitative estimate of drug-likeness (QED) is 0.736. The Kier molecular flexibility index (Phi) is 3.67. The predicted molar refractivity (Wildman–Crippen MR) is 96.7 cm³/mol. The maximum atomic E-state index is 6.34. The summed E-state index contributed by atoms with van der Waals surface area (Å²) in [5, 5.41) is 0. The Morgan fingerprint density at radius 3 is 2.64 bits per heavy atom. The van der Waals surface area contributed by atoms with E-state index in [0.29, 0.717) is 11.8 Å². The van der Waals surface area contributed by atoms with Gasteiger partial charge in [0, 0.05) is 19.3 Å². The largest absolute Gasteiger partial charge is 0.471 e. The second-order valence-electron chi connectivity index (χ2n) is 7.14. The van der Waals surface area contributed by atoms with Crippen LogP contribution in [0.25, 0.3) is 11.0 Å². The van der Waals surface area contributed by atoms with Crippen molar-refractivity contribution in [2.75, 3.05) is 19.6 Å². The van der Waals surface area contributed by atoms with Crippen LogP contribution in [0.4, 0.5) is 0 Å². The Morgan fingerprint density at radius 1 is 1.04 bits per heavy atom. The number of rotatable bonds is 4. The fourth-order valence-electron chi connectivity index (χ4n) is 4.15. The van der Waals surface area contributed by atoms with E-state index in [9.17, 15) is 0 Å². The van der Waals surface area contributed by atoms with E-state index < -0.39 is 0 Å². The molecule has 3 aromatic rings. The first-order valence-corrected chi connectivity index (χ1v) is 9.09. The molecule has 2 bridgehead atoms. The minimum Gasteiger partial charge on any atom is -0.471 e. The number of nitrogens with zero attached hydrogens (tertiary/aromatic N) is 4. The number of fused-ring (bicyclic) bond motifs is 4. The number of hydrogen-bond donors (Lipinski definition) is 0. The lowest BCUT2D eigenvalue weighted by atomic mass is 9.86. The van der Waals surface area contributed by atoms with E-state index in [0.717, 1.165) is 24.1 Å². The molecule has 1 aromatic carbocycles. The van der Waals surface area contributed by atoms with Crippen LogP contribution in [0.15, 0.2) is 48.9 Å². The Labute approximate surface area is 147 Å². The highest BCUT2D eigenvalue weighted by molar-refractivity contribution is 5.80. The third-order valence-corrected chi connectivity index (χ3v) is 5.56. The van der Waals surface area contributed by atoms with Crippen molar-refractivity contribution in [3.05, 3.63) is 54.5 Å². The number of ether oxygens (including phenoxy) is 1. The van der Waals surface area contributed by atoms with E-state index in [2.05, 4.69) is 43.7 Å². The van der Waals surface area contributed by atoms with Gasteiger partial charge in [-0.05, 0) is 43.5 Å². The number of benzene rings is 1. The van der Waals surface area contributed by atoms with Crippen LogP contribution < -0.4 is 4.74 Å². The minimum atomic E-state index is 0.250. The van der Waals surface area contributed by atoms with Gasteiger partial charge < -0.3 is 9.30 Å². The van der Waals surface area contributed by atoms with Crippen molar-refractivity contribution >= 4 is 11.0 Å². The summed E-state index contributed by atoms with van der Waals surface area (Å²) in [7, 11) is 0. The summed E-state index contributed by atoms with van der Waals surface area (Å²) >= 11 is 0. The molecule has 3 saturated heterocycles. The van der Waals surface area contributed by atoms with Gasteiger partial charge in [0.1, 0.15) is 6.10 Å². The molecule has 3 aliphatic rings. The average Bonchev–Trinajstić information content (AvgIpc) is 3.08. The lowest BCUT2D eigenvalue weighted by molar-refractivity contribution is -0.00920. The van der Waals surface area contributed by atoms with E-state index in [1.165, 1.54) is 31.5 Å². The molecule has 1 unspecified atom stereocenters. The molecule has 0 spiro atoms. The number of pyridine rings is 1. The summed E-state index contributed by atoms with van der Waals surface area (Å²) in [6.45, 7) is 4.26. The Balaban J connectivity index is 1.42. The molecule has 0 radical (unpaired) electrons. The Hall–Kier alpha value is -2.40. The first-order valence-electron chi connectivity index (χ1n) is 9.09. The van der Waals surface area contributed by atoms with Gasteiger partial charge in [-0.2, -0.15) is 0 Å². The summed E-state index contributed by atoms with van der Waals surface area (Å²) in [6.07, 6.45) is 6.46. The SMILES string of the molecule is c1ccc(Cn2cnc3c(OC4CN5CCC4CC5)nccc32)cc1. The molecule has 2 aromatic heterocycles. The van der Waals surface area contributed by atoms with E-state index in [-0.39, 0.29) is 6.10 Å². The standard InChI is InChI=1S/C20H22N4O/c1-2-4-15(5-3-1)12-24-14-22-19-17(24)6-9-21-20(19)25-18-13-23-10-7-16(18)8-11-23/h1-6,9,14,16,18H,7-8,10-13H2. The van der Waals surface area contributed by atoms with Crippen LogP contribution in [0.2, 0.25) is 0 Å². The van der Waals surface area contributed by atoms with Crippen molar-refractivity contribution in [3.63, 3.8) is 0 Å². The zero-order valence-corrected chi connectivity index (χ0v) is 14.2. The average molecular weight is 334 g/mol. The predicted octanol–water partition coefficient (Wildman–Crippen LogP) is 2.95. The van der Waals surface area contributed by atoms with Crippen molar-refractivity contribution in [1.82, 2.24) is 19.4 Å². The number of piperidine rings is 3. The summed E-state index contributed by atoms with van der Waals surface area (Å²) in [6, 6.07) is 12.5. The molecule has 6 rings (SSSR count). The number of aromatic nitrogens is 3. The van der Waals surface area contributed by atoms with Gasteiger partial charge in [-0.15, -0.1) is 0 Å². The molecule has 0 N–H and O–H groups in total. The van der Waals surface area contributed by atoms with Gasteiger partial charge in [0.25, 0.3) is 0 Å². The molecule has 128 valence electrons. The molecule has 3 aliphatic heterocycles. The molecule has 0 amide bonds. The Morgan fingerprint density at radius 2 is 1.88 bits per heavy atom. The van der Waals surface area contributed by atoms with E-state index in [1.807, 2.05) is 24.7 Å². The molecule has 3 fully saturated rings. The van der Waals surface area contributed by atoms with Crippen molar-refractivity contribution in [3.8, 4) is 5.88 Å². The van der Waals surface area contributed by atoms with Crippen molar-refractivity contribution in [1.29, 1.82) is 0 Å². The van der Waals surface area contributed by atoms with Crippen molar-refractivity contribution in [2.45, 2.75) is 25.5 Å². The van der Waals surface area contributed by atoms with Crippen LogP contribution >= 0.6 is 0 Å². The fraction of sp³-hybridized carbons (Fsp3) is 0.400. The van der Waals surface area contributed by atoms with Gasteiger partial charge in [0.05, 0.1) is 11.8 Å². The van der Waals surface area contributed by atoms with Gasteiger partial charge in [-0.1, -0.05) is 30.3 Å². The highest BCUT2D eigenvalue weighted by Gasteiger charge is 2.36. The summed E-state index contributed by atoms with van der Waals surface area (Å²) in [5.41, 5.74) is 3.21. The summed E-state index contributed by atoms with van der Waals surface area (Å²) < 4.78 is 8.50. The maximum absolute atomic E-state index is 6.34. The molecule has 0 saturated carbocycles. The lowest BCUT2D eigenvalue weighted by Gasteiger charge is -2.44. The zero-order chi connectivity index (χ0) is 16.6. The van der Waals surface area contributed by atoms with Gasteiger partial charge in [-0.25, -0.2) is 9.97 Å². The second kappa shape index (κ2) is 6.15. The van der Waals surface area contributed by atoms with Gasteiger partial charge >= 0.3 is 0 Å². The highest BCUT2D eigenvalue weighted by Crippen LogP contribution is 2.32. The minimum absolute atomic E-state index is 0.250. The van der Waals surface area contributed by atoms with Gasteiger partial charge in [0.2, 0.25) is 5.88 Å². The van der Waals surface area contributed by atoms with Crippen molar-refractivity contribution in [2.24, 2.45) is 5.92 Å². The molecule has 25 heavy (non-hydrogen) atoms. The lowest BCUT2D eigenvalue weighted by Crippen LogP contribution is -2.52. The summed E-state index contributed by atoms with van der Waals surface area (Å²) in [5.74, 6) is 1.34. The fourth-order valence-corrected chi connectivity index (χ4v) is 4.15. The number of imidazole rings is 1. The molecule has 5 heteroatoms. The molecular formula is C20H22N4O. The number of hydrogen-bond acceptors (Lipinski definition) is 4. The van der Waals surface area contributed by atoms with Crippen molar-refractivity contribution < 1.29 is 4.74 Å². The molecule has 0 aliphatic carbocycles. The van der Waals surface area contributed by atoms with Crippen LogP contribution in [0.3, 0.4) is 0 Å². The molecule has 5 heterocycles. The van der Waals surface area contributed by atoms with Crippen LogP contribution in [0, 0.1) is 5.92 Å². The van der Waals surface area contributed by atoms with Crippen LogP contribution in [-0.4, -0.2) is 45.2 Å². The van der Waals surface area contributed by atoms with E-state index in [4.69, 9.17) is 4.74 Å². The normalized spacial score (nSPS) is 25.4. The summed E-state index contributed by atoms with van der Waals surface area (Å²) in [4.78, 5) is 11.6. The van der Waals surface area contributed by atoms with Gasteiger partial charge in [0.15, 0.2) is 5.52 Å². The molecule has 1 atom stereocenters. The first-order chi connectivity index (χ1) is 12.4. The third-order valence-electron chi connectivity index (χ3n) is 5.56. The molecule has 5 nitrogen and oxygen atoms in total. The highest BCUT2D eigenvalue weighted by atomic mass is 16.5. The smallest absolute Gasteiger partial charge is 0.242 e.